The highest BCUT2D eigenvalue weighted by Crippen LogP contribution is 2.55. The number of carbonyl (C=O) groups is 9. The molecule has 8 heterocycles. The van der Waals surface area contributed by atoms with Crippen molar-refractivity contribution in [2.45, 2.75) is 179 Å². The fourth-order valence-electron chi connectivity index (χ4n) is 19.6. The van der Waals surface area contributed by atoms with E-state index in [4.69, 9.17) is 34.0 Å². The summed E-state index contributed by atoms with van der Waals surface area (Å²) in [6.07, 6.45) is 10.2. The molecular formula is C107H116F2N16O15. The van der Waals surface area contributed by atoms with Gasteiger partial charge in [-0.15, -0.1) is 0 Å². The lowest BCUT2D eigenvalue weighted by atomic mass is 9.81. The predicted molar refractivity (Wildman–Crippen MR) is 521 cm³/mol. The summed E-state index contributed by atoms with van der Waals surface area (Å²) >= 11 is 0. The van der Waals surface area contributed by atoms with Crippen LogP contribution < -0.4 is 21.3 Å². The molecule has 9 N–H and O–H groups in total. The minimum atomic E-state index is -3.27. The molecule has 8 atom stereocenters. The fourth-order valence-corrected chi connectivity index (χ4v) is 19.6. The van der Waals surface area contributed by atoms with Gasteiger partial charge >= 0.3 is 36.4 Å². The van der Waals surface area contributed by atoms with Crippen molar-refractivity contribution < 1.29 is 80.7 Å². The number of aliphatic carboxylic acids is 1. The number of carboxylic acid groups (broad SMARTS) is 1. The fraction of sp³-hybridized carbons (Fsp3) is 0.355. The van der Waals surface area contributed by atoms with Crippen LogP contribution in [-0.2, 0) is 54.2 Å². The number of ether oxygens (including phenoxy) is 5. The van der Waals surface area contributed by atoms with Gasteiger partial charge in [-0.05, 0) is 192 Å². The average molecular weight is 1900 g/mol. The molecule has 8 aromatic carbocycles. The van der Waals surface area contributed by atoms with E-state index in [-0.39, 0.29) is 76.4 Å². The highest BCUT2D eigenvalue weighted by Gasteiger charge is 2.47. The molecule has 31 nitrogen and oxygen atoms in total. The Bertz CT molecular complexity index is 6590. The lowest BCUT2D eigenvalue weighted by molar-refractivity contribution is -0.139. The van der Waals surface area contributed by atoms with Gasteiger partial charge in [-0.2, -0.15) is 8.78 Å². The first-order valence-corrected chi connectivity index (χ1v) is 47.1. The number of H-pyrrole nitrogens is 4. The van der Waals surface area contributed by atoms with Gasteiger partial charge in [-0.25, -0.2) is 48.7 Å². The molecule has 2 unspecified atom stereocenters. The van der Waals surface area contributed by atoms with Crippen molar-refractivity contribution >= 4 is 54.2 Å². The number of alkyl halides is 2. The third kappa shape index (κ3) is 20.5. The van der Waals surface area contributed by atoms with Crippen LogP contribution in [0.25, 0.3) is 89.5 Å². The first-order chi connectivity index (χ1) is 67.1. The number of aromatic amines is 4. The minimum Gasteiger partial charge on any atom is -0.479 e. The lowest BCUT2D eigenvalue weighted by Gasteiger charge is -2.30. The number of carbonyl (C=O) groups excluding carboxylic acids is 8. The van der Waals surface area contributed by atoms with Crippen LogP contribution in [0.3, 0.4) is 0 Å². The summed E-state index contributed by atoms with van der Waals surface area (Å²) in [5.41, 5.74) is 16.3. The molecule has 4 aliphatic heterocycles. The van der Waals surface area contributed by atoms with Gasteiger partial charge in [0.05, 0.1) is 100 Å². The van der Waals surface area contributed by atoms with E-state index in [0.29, 0.717) is 89.7 Å². The van der Waals surface area contributed by atoms with Crippen LogP contribution in [0.5, 0.6) is 0 Å². The third-order valence-corrected chi connectivity index (χ3v) is 26.9. The van der Waals surface area contributed by atoms with Crippen LogP contribution >= 0.6 is 0 Å². The SMILES string of the molecule is COC(=O)NC(C(=O)N1CCC[C@H]1c1ncc(-c2ccc3c(c2)C(C)(C)c2cc(-c4ccc(-c5cnc([C@@H]6CCCN6C(=O)OC(C)(C)C)[nH]5)cc4)ccc2-3)[nH]1)C(C)C.COC(=O)NC(C(=O)O)c1ccccc1.COC(=O)N[C@H](C(=O)N1CCC[C@H]1c1ncc(-c2ccc3c(c2)C(F)(F)c2cc(-c4ccc(-c5cnc([C@@H]6CCCN6C(=O)[C@H](NC(=O)OC)c6ccccc6)[nH]5)cc4)ccc2-3)[nH]1)C(C)C. The topological polar surface area (TPSA) is 396 Å². The van der Waals surface area contributed by atoms with E-state index in [2.05, 4.69) is 130 Å². The van der Waals surface area contributed by atoms with Gasteiger partial charge in [0.25, 0.3) is 11.8 Å². The number of aromatic nitrogens is 8. The summed E-state index contributed by atoms with van der Waals surface area (Å²) in [6.45, 7) is 20.0. The van der Waals surface area contributed by atoms with Crippen LogP contribution in [0.4, 0.5) is 32.8 Å². The maximum absolute atomic E-state index is 16.5. The zero-order valence-electron chi connectivity index (χ0n) is 80.4. The second-order valence-electron chi connectivity index (χ2n) is 38.0. The molecule has 4 aromatic heterocycles. The first-order valence-electron chi connectivity index (χ1n) is 47.1. The molecule has 18 rings (SSSR count). The quantitative estimate of drug-likeness (QED) is 0.0285. The molecule has 33 heteroatoms. The summed E-state index contributed by atoms with van der Waals surface area (Å²) < 4.78 is 57.4. The number of imidazole rings is 4. The number of hydrogen-bond donors (Lipinski definition) is 9. The molecule has 0 radical (unpaired) electrons. The molecule has 728 valence electrons. The molecule has 0 saturated carbocycles. The van der Waals surface area contributed by atoms with E-state index in [1.54, 1.807) is 93.8 Å². The molecular weight excluding hydrogens is 1790 g/mol. The number of fused-ring (bicyclic) bond motifs is 6. The molecule has 6 aliphatic rings. The summed E-state index contributed by atoms with van der Waals surface area (Å²) in [5.74, 6) is -2.61. The monoisotopic (exact) mass is 1900 g/mol. The van der Waals surface area contributed by atoms with Crippen LogP contribution in [0.2, 0.25) is 0 Å². The Balaban J connectivity index is 0.000000176. The first kappa shape index (κ1) is 97.8. The van der Waals surface area contributed by atoms with Crippen LogP contribution in [-0.4, -0.2) is 191 Å². The smallest absolute Gasteiger partial charge is 0.410 e. The number of benzene rings is 8. The maximum Gasteiger partial charge on any atom is 0.410 e. The Morgan fingerprint density at radius 3 is 1.04 bits per heavy atom. The largest absolute Gasteiger partial charge is 0.479 e. The zero-order valence-corrected chi connectivity index (χ0v) is 80.4. The molecule has 0 spiro atoms. The molecule has 12 aromatic rings. The van der Waals surface area contributed by atoms with Gasteiger partial charge < -0.3 is 84.7 Å². The molecule has 4 fully saturated rings. The highest BCUT2D eigenvalue weighted by molar-refractivity contribution is 5.91. The molecule has 4 saturated heterocycles. The molecule has 2 aliphatic carbocycles. The van der Waals surface area contributed by atoms with E-state index >= 15 is 8.78 Å². The lowest BCUT2D eigenvalue weighted by Crippen LogP contribution is -2.51. The van der Waals surface area contributed by atoms with Crippen molar-refractivity contribution in [2.75, 3.05) is 54.6 Å². The number of carboxylic acids is 1. The van der Waals surface area contributed by atoms with Crippen LogP contribution in [0.1, 0.15) is 207 Å². The molecule has 0 bridgehead atoms. The van der Waals surface area contributed by atoms with Gasteiger partial charge in [-0.1, -0.05) is 199 Å². The normalized spacial score (nSPS) is 17.7. The number of alkyl carbamates (subject to hydrolysis) is 4. The van der Waals surface area contributed by atoms with Crippen molar-refractivity contribution in [3.63, 3.8) is 0 Å². The van der Waals surface area contributed by atoms with Gasteiger partial charge in [0, 0.05) is 48.3 Å². The van der Waals surface area contributed by atoms with Crippen molar-refractivity contribution in [2.24, 2.45) is 11.8 Å². The Hall–Kier alpha value is -15.3. The van der Waals surface area contributed by atoms with Gasteiger partial charge in [0.15, 0.2) is 6.04 Å². The van der Waals surface area contributed by atoms with Gasteiger partial charge in [0.1, 0.15) is 47.0 Å². The third-order valence-electron chi connectivity index (χ3n) is 26.9. The number of rotatable bonds is 22. The number of halogens is 2. The standard InChI is InChI=1S/C50H50F2N8O6.C47H55N7O5.C10H11NO4/c1-28(2)42(57-48(63)65-3)46(61)59-22-8-12-40(59)45-54-27-39(56-45)33-19-21-35-34-20-18-32(24-36(34)50(51,52)37(35)25-33)29-14-16-30(17-15-29)38-26-53-44(55-38)41-13-9-23-60(41)47(62)43(58-49(64)66-4)31-10-6-5-7-11-31;1-27(2)40(52-44(56)58-8)43(55)53-21-9-11-38(53)41-49-26-37(51-41)31-18-20-33-32-19-17-30(23-34(32)47(6,7)35(33)24-31)28-13-15-29(16-14-28)36-25-48-42(50-36)39-12-10-22-54(39)45(57)59-46(3,4)5;1-15-10(14)11-8(9(12)13)7-5-3-2-4-6-7/h5-7,10-11,14-21,24-28,40-43H,8-9,12-13,22-23H2,1-4H3,(H,53,55)(H,54,56)(H,57,63)(H,58,64);13-20,23-27,38-40H,9-12,21-22H2,1-8H3,(H,48,50)(H,49,51)(H,52,56);2-6,8H,1H3,(H,11,14)(H,12,13)/t40-,41-,42-,43+;38-,39-,40?;/m00./s1. The average Bonchev–Trinajstić information content (AvgIpc) is 1.57. The Kier molecular flexibility index (Phi) is 28.7. The van der Waals surface area contributed by atoms with E-state index in [1.807, 2.05) is 114 Å². The number of nitrogens with zero attached hydrogens (tertiary/aromatic N) is 8. The van der Waals surface area contributed by atoms with Crippen LogP contribution in [0.15, 0.2) is 207 Å². The summed E-state index contributed by atoms with van der Waals surface area (Å²) in [5, 5.41) is 19.2. The second-order valence-corrected chi connectivity index (χ2v) is 38.0. The van der Waals surface area contributed by atoms with E-state index in [0.717, 1.165) is 101 Å². The second kappa shape index (κ2) is 41.2. The Morgan fingerprint density at radius 1 is 0.386 bits per heavy atom. The molecule has 140 heavy (non-hydrogen) atoms. The number of nitrogens with one attached hydrogen (secondary N) is 8. The van der Waals surface area contributed by atoms with E-state index < -0.39 is 66.0 Å². The van der Waals surface area contributed by atoms with Crippen molar-refractivity contribution in [1.29, 1.82) is 0 Å². The van der Waals surface area contributed by atoms with Crippen molar-refractivity contribution in [3.8, 4) is 89.5 Å². The summed E-state index contributed by atoms with van der Waals surface area (Å²) in [4.78, 5) is 152. The maximum atomic E-state index is 16.5. The van der Waals surface area contributed by atoms with Crippen molar-refractivity contribution in [1.82, 2.24) is 80.7 Å². The molecule has 8 amide bonds. The summed E-state index contributed by atoms with van der Waals surface area (Å²) in [6, 6.07) is 52.6. The minimum absolute atomic E-state index is 0.0768. The van der Waals surface area contributed by atoms with Gasteiger partial charge in [0.2, 0.25) is 11.8 Å². The number of hydrogen-bond acceptors (Lipinski definition) is 18. The number of methoxy groups -OCH3 is 4. The Morgan fingerprint density at radius 2 is 0.679 bits per heavy atom. The highest BCUT2D eigenvalue weighted by atomic mass is 19.3. The number of likely N-dealkylation sites (tertiary alicyclic amines) is 4. The van der Waals surface area contributed by atoms with Gasteiger partial charge in [-0.3, -0.25) is 19.3 Å². The van der Waals surface area contributed by atoms with Crippen LogP contribution in [0, 0.1) is 11.8 Å². The number of amides is 8. The zero-order chi connectivity index (χ0) is 99.3. The van der Waals surface area contributed by atoms with E-state index in [1.165, 1.54) is 56.8 Å². The predicted octanol–water partition coefficient (Wildman–Crippen LogP) is 19.8. The Labute approximate surface area is 809 Å². The summed E-state index contributed by atoms with van der Waals surface area (Å²) in [7, 11) is 4.99. The van der Waals surface area contributed by atoms with E-state index in [9.17, 15) is 43.2 Å². The van der Waals surface area contributed by atoms with Crippen molar-refractivity contribution in [3.05, 3.63) is 263 Å².